The van der Waals surface area contributed by atoms with E-state index < -0.39 is 5.97 Å². The lowest BCUT2D eigenvalue weighted by molar-refractivity contribution is -0.143. The van der Waals surface area contributed by atoms with E-state index in [9.17, 15) is 4.79 Å². The second-order valence-corrected chi connectivity index (χ2v) is 3.16. The summed E-state index contributed by atoms with van der Waals surface area (Å²) in [5.74, 6) is -1.10. The minimum atomic E-state index is -0.759. The molecule has 0 aromatic carbocycles. The summed E-state index contributed by atoms with van der Waals surface area (Å²) in [6.07, 6.45) is 0.674. The quantitative estimate of drug-likeness (QED) is 0.532. The Morgan fingerprint density at radius 2 is 2.36 bits per heavy atom. The molecule has 1 rings (SSSR count). The molecule has 1 heterocycles. The summed E-state index contributed by atoms with van der Waals surface area (Å²) in [7, 11) is 1.96. The van der Waals surface area contributed by atoms with Gasteiger partial charge in [-0.05, 0) is 20.0 Å². The number of likely N-dealkylation sites (tertiary alicyclic amines) is 1. The number of hydrogen-bond acceptors (Lipinski definition) is 3. The van der Waals surface area contributed by atoms with Crippen LogP contribution < -0.4 is 5.73 Å². The molecule has 0 saturated carbocycles. The molecular formula is C7H14N2O2. The summed E-state index contributed by atoms with van der Waals surface area (Å²) in [6, 6.07) is -0.203. The lowest BCUT2D eigenvalue weighted by Gasteiger charge is -2.31. The Morgan fingerprint density at radius 1 is 1.73 bits per heavy atom. The van der Waals surface area contributed by atoms with Crippen molar-refractivity contribution in [3.05, 3.63) is 0 Å². The highest BCUT2D eigenvalue weighted by Gasteiger charge is 2.29. The summed E-state index contributed by atoms with van der Waals surface area (Å²) < 4.78 is 0. The van der Waals surface area contributed by atoms with Crippen LogP contribution in [0.2, 0.25) is 0 Å². The number of nitrogens with two attached hydrogens (primary N) is 1. The van der Waals surface area contributed by atoms with Gasteiger partial charge in [0, 0.05) is 12.6 Å². The minimum Gasteiger partial charge on any atom is -0.481 e. The third kappa shape index (κ3) is 1.91. The number of carbonyl (C=O) groups is 1. The third-order valence-corrected chi connectivity index (χ3v) is 2.18. The topological polar surface area (TPSA) is 66.6 Å². The van der Waals surface area contributed by atoms with Gasteiger partial charge in [-0.25, -0.2) is 0 Å². The van der Waals surface area contributed by atoms with Gasteiger partial charge in [0.1, 0.15) is 0 Å². The molecule has 0 aromatic heterocycles. The molecule has 0 spiro atoms. The Balaban J connectivity index is 2.50. The van der Waals surface area contributed by atoms with Crippen molar-refractivity contribution in [1.82, 2.24) is 4.90 Å². The van der Waals surface area contributed by atoms with Crippen LogP contribution in [0.1, 0.15) is 6.42 Å². The fraction of sp³-hybridized carbons (Fsp3) is 0.857. The second kappa shape index (κ2) is 3.19. The van der Waals surface area contributed by atoms with Gasteiger partial charge in [0.2, 0.25) is 0 Å². The fourth-order valence-electron chi connectivity index (χ4n) is 1.46. The van der Waals surface area contributed by atoms with Crippen molar-refractivity contribution < 1.29 is 9.90 Å². The second-order valence-electron chi connectivity index (χ2n) is 3.16. The van der Waals surface area contributed by atoms with Crippen LogP contribution in [0.15, 0.2) is 0 Å². The Morgan fingerprint density at radius 3 is 2.82 bits per heavy atom. The van der Waals surface area contributed by atoms with Crippen LogP contribution in [0, 0.1) is 5.92 Å². The number of likely N-dealkylation sites (N-methyl/N-ethyl adjacent to an activating group) is 1. The van der Waals surface area contributed by atoms with E-state index >= 15 is 0 Å². The molecule has 4 heteroatoms. The highest BCUT2D eigenvalue weighted by Crippen LogP contribution is 2.14. The number of nitrogens with zero attached hydrogens (tertiary/aromatic N) is 1. The van der Waals surface area contributed by atoms with E-state index in [0.29, 0.717) is 13.0 Å². The van der Waals surface area contributed by atoms with Gasteiger partial charge >= 0.3 is 5.97 Å². The third-order valence-electron chi connectivity index (χ3n) is 2.18. The van der Waals surface area contributed by atoms with Gasteiger partial charge in [-0.3, -0.25) is 4.79 Å². The van der Waals surface area contributed by atoms with Crippen molar-refractivity contribution in [1.29, 1.82) is 0 Å². The first-order valence-corrected chi connectivity index (χ1v) is 3.78. The van der Waals surface area contributed by atoms with Crippen molar-refractivity contribution >= 4 is 5.97 Å². The molecule has 1 aliphatic heterocycles. The van der Waals surface area contributed by atoms with Crippen LogP contribution in [0.5, 0.6) is 0 Å². The number of rotatable bonds is 1. The maximum absolute atomic E-state index is 10.6. The van der Waals surface area contributed by atoms with Crippen molar-refractivity contribution in [2.75, 3.05) is 20.1 Å². The summed E-state index contributed by atoms with van der Waals surface area (Å²) in [6.45, 7) is 1.53. The number of piperidine rings is 1. The van der Waals surface area contributed by atoms with Gasteiger partial charge in [0.15, 0.2) is 0 Å². The molecule has 0 aliphatic carbocycles. The smallest absolute Gasteiger partial charge is 0.308 e. The summed E-state index contributed by atoms with van der Waals surface area (Å²) in [5.41, 5.74) is 5.65. The Bertz CT molecular complexity index is 161. The predicted octanol–water partition coefficient (Wildman–Crippen LogP) is -0.650. The molecule has 0 amide bonds. The Hall–Kier alpha value is -0.610. The summed E-state index contributed by atoms with van der Waals surface area (Å²) in [4.78, 5) is 12.6. The molecule has 64 valence electrons. The summed E-state index contributed by atoms with van der Waals surface area (Å²) >= 11 is 0. The highest BCUT2D eigenvalue weighted by molar-refractivity contribution is 5.71. The molecule has 0 bridgehead atoms. The van der Waals surface area contributed by atoms with E-state index in [1.807, 2.05) is 7.05 Å². The molecule has 1 fully saturated rings. The van der Waals surface area contributed by atoms with Crippen molar-refractivity contribution in [2.45, 2.75) is 12.5 Å². The lowest BCUT2D eigenvalue weighted by Crippen LogP contribution is -2.49. The fourth-order valence-corrected chi connectivity index (χ4v) is 1.46. The zero-order valence-electron chi connectivity index (χ0n) is 6.66. The molecular weight excluding hydrogens is 144 g/mol. The van der Waals surface area contributed by atoms with E-state index in [0.717, 1.165) is 6.54 Å². The largest absolute Gasteiger partial charge is 0.481 e. The Kier molecular flexibility index (Phi) is 2.46. The first kappa shape index (κ1) is 8.49. The van der Waals surface area contributed by atoms with Gasteiger partial charge < -0.3 is 15.7 Å². The zero-order valence-corrected chi connectivity index (χ0v) is 6.66. The molecule has 0 aromatic rings. The number of aliphatic carboxylic acids is 1. The number of carboxylic acids is 1. The molecule has 0 radical (unpaired) electrons. The van der Waals surface area contributed by atoms with E-state index in [-0.39, 0.29) is 12.0 Å². The number of carboxylic acid groups (broad SMARTS) is 1. The average Bonchev–Trinajstić information content (AvgIpc) is 1.85. The van der Waals surface area contributed by atoms with Crippen LogP contribution in [-0.4, -0.2) is 42.2 Å². The van der Waals surface area contributed by atoms with Gasteiger partial charge in [0.05, 0.1) is 5.92 Å². The van der Waals surface area contributed by atoms with Crippen molar-refractivity contribution in [3.8, 4) is 0 Å². The lowest BCUT2D eigenvalue weighted by atomic mass is 9.93. The van der Waals surface area contributed by atoms with Crippen LogP contribution in [0.4, 0.5) is 0 Å². The molecule has 1 saturated heterocycles. The summed E-state index contributed by atoms with van der Waals surface area (Å²) in [5, 5.41) is 8.70. The standard InChI is InChI=1S/C7H14N2O2/c1-9-3-2-5(7(10)11)6(8)4-9/h5-6H,2-4,8H2,1H3,(H,10,11)/t5-,6-/m0/s1. The zero-order chi connectivity index (χ0) is 8.43. The first-order chi connectivity index (χ1) is 5.11. The normalized spacial score (nSPS) is 33.6. The monoisotopic (exact) mass is 158 g/mol. The maximum atomic E-state index is 10.6. The maximum Gasteiger partial charge on any atom is 0.308 e. The van der Waals surface area contributed by atoms with Crippen LogP contribution >= 0.6 is 0 Å². The minimum absolute atomic E-state index is 0.203. The molecule has 4 nitrogen and oxygen atoms in total. The predicted molar refractivity (Wildman–Crippen MR) is 41.2 cm³/mol. The van der Waals surface area contributed by atoms with Crippen LogP contribution in [0.3, 0.4) is 0 Å². The van der Waals surface area contributed by atoms with Gasteiger partial charge in [0.25, 0.3) is 0 Å². The van der Waals surface area contributed by atoms with Crippen LogP contribution in [0.25, 0.3) is 0 Å². The molecule has 1 aliphatic rings. The molecule has 11 heavy (non-hydrogen) atoms. The average molecular weight is 158 g/mol. The highest BCUT2D eigenvalue weighted by atomic mass is 16.4. The van der Waals surface area contributed by atoms with E-state index in [2.05, 4.69) is 4.90 Å². The van der Waals surface area contributed by atoms with Crippen LogP contribution in [-0.2, 0) is 4.79 Å². The van der Waals surface area contributed by atoms with Gasteiger partial charge in [-0.2, -0.15) is 0 Å². The molecule has 2 atom stereocenters. The molecule has 3 N–H and O–H groups in total. The first-order valence-electron chi connectivity index (χ1n) is 3.78. The van der Waals surface area contributed by atoms with Gasteiger partial charge in [-0.1, -0.05) is 0 Å². The van der Waals surface area contributed by atoms with Crippen molar-refractivity contribution in [2.24, 2.45) is 11.7 Å². The van der Waals surface area contributed by atoms with E-state index in [4.69, 9.17) is 10.8 Å². The van der Waals surface area contributed by atoms with E-state index in [1.54, 1.807) is 0 Å². The SMILES string of the molecule is CN1CC[C@H](C(=O)O)[C@@H](N)C1. The molecule has 0 unspecified atom stereocenters. The number of hydrogen-bond donors (Lipinski definition) is 2. The van der Waals surface area contributed by atoms with E-state index in [1.165, 1.54) is 0 Å². The Labute approximate surface area is 66.0 Å². The van der Waals surface area contributed by atoms with Crippen molar-refractivity contribution in [3.63, 3.8) is 0 Å². The van der Waals surface area contributed by atoms with Gasteiger partial charge in [-0.15, -0.1) is 0 Å².